The fourth-order valence-electron chi connectivity index (χ4n) is 3.55. The van der Waals surface area contributed by atoms with Crippen molar-refractivity contribution in [2.24, 2.45) is 0 Å². The Bertz CT molecular complexity index is 957. The Morgan fingerprint density at radius 2 is 1.66 bits per heavy atom. The van der Waals surface area contributed by atoms with Gasteiger partial charge in [-0.1, -0.05) is 12.1 Å². The fourth-order valence-corrected chi connectivity index (χ4v) is 3.55. The monoisotopic (exact) mass is 390 g/mol. The molecule has 1 atom stereocenters. The number of carbonyl (C=O) groups excluding carboxylic acids is 1. The van der Waals surface area contributed by atoms with Crippen LogP contribution < -0.4 is 10.2 Å². The quantitative estimate of drug-likeness (QED) is 0.724. The van der Waals surface area contributed by atoms with E-state index in [-0.39, 0.29) is 11.9 Å². The molecule has 2 aromatic carbocycles. The fraction of sp³-hybridized carbons (Fsp3) is 0.304. The van der Waals surface area contributed by atoms with E-state index in [0.29, 0.717) is 5.56 Å². The predicted molar refractivity (Wildman–Crippen MR) is 114 cm³/mol. The summed E-state index contributed by atoms with van der Waals surface area (Å²) in [6.07, 6.45) is 1.77. The third kappa shape index (κ3) is 4.32. The maximum atomic E-state index is 12.7. The van der Waals surface area contributed by atoms with Crippen molar-refractivity contribution in [3.05, 3.63) is 77.6 Å². The van der Waals surface area contributed by atoms with E-state index < -0.39 is 0 Å². The summed E-state index contributed by atoms with van der Waals surface area (Å²) >= 11 is 0. The topological polar surface area (TPSA) is 59.4 Å². The highest BCUT2D eigenvalue weighted by atomic mass is 16.5. The Morgan fingerprint density at radius 3 is 2.28 bits per heavy atom. The van der Waals surface area contributed by atoms with E-state index in [4.69, 9.17) is 4.74 Å². The number of aryl methyl sites for hydroxylation is 1. The number of nitrogens with one attached hydrogen (secondary N) is 1. The van der Waals surface area contributed by atoms with Crippen LogP contribution in [0.25, 0.3) is 5.69 Å². The first-order valence-electron chi connectivity index (χ1n) is 9.96. The van der Waals surface area contributed by atoms with Gasteiger partial charge in [-0.2, -0.15) is 5.10 Å². The standard InChI is InChI=1S/C23H26N4O2/c1-17-11-12-24-27(17)22-9-5-20(6-10-22)23(28)25-18(2)19-3-7-21(8-4-19)26-13-15-29-16-14-26/h3-12,18H,13-16H2,1-2H3,(H,25,28). The summed E-state index contributed by atoms with van der Waals surface area (Å²) in [7, 11) is 0. The van der Waals surface area contributed by atoms with Crippen molar-refractivity contribution in [1.82, 2.24) is 15.1 Å². The largest absolute Gasteiger partial charge is 0.378 e. The molecule has 6 heteroatoms. The lowest BCUT2D eigenvalue weighted by molar-refractivity contribution is 0.0940. The highest BCUT2D eigenvalue weighted by Crippen LogP contribution is 2.21. The van der Waals surface area contributed by atoms with Crippen molar-refractivity contribution in [2.75, 3.05) is 31.2 Å². The molecule has 29 heavy (non-hydrogen) atoms. The molecule has 6 nitrogen and oxygen atoms in total. The molecular formula is C23H26N4O2. The molecule has 1 aromatic heterocycles. The van der Waals surface area contributed by atoms with E-state index in [9.17, 15) is 4.79 Å². The molecule has 1 saturated heterocycles. The SMILES string of the molecule is Cc1ccnn1-c1ccc(C(=O)NC(C)c2ccc(N3CCOCC3)cc2)cc1. The molecule has 0 radical (unpaired) electrons. The molecule has 1 aliphatic rings. The third-order valence-electron chi connectivity index (χ3n) is 5.32. The Kier molecular flexibility index (Phi) is 5.62. The lowest BCUT2D eigenvalue weighted by Crippen LogP contribution is -2.36. The van der Waals surface area contributed by atoms with Gasteiger partial charge in [0.2, 0.25) is 0 Å². The number of amides is 1. The Hall–Kier alpha value is -3.12. The van der Waals surface area contributed by atoms with Gasteiger partial charge in [0.05, 0.1) is 24.9 Å². The van der Waals surface area contributed by atoms with Crippen LogP contribution in [-0.4, -0.2) is 42.0 Å². The van der Waals surface area contributed by atoms with Crippen molar-refractivity contribution in [1.29, 1.82) is 0 Å². The lowest BCUT2D eigenvalue weighted by Gasteiger charge is -2.29. The molecule has 2 heterocycles. The zero-order chi connectivity index (χ0) is 20.2. The lowest BCUT2D eigenvalue weighted by atomic mass is 10.1. The van der Waals surface area contributed by atoms with Crippen molar-refractivity contribution in [2.45, 2.75) is 19.9 Å². The van der Waals surface area contributed by atoms with Crippen LogP contribution in [-0.2, 0) is 4.74 Å². The molecule has 1 unspecified atom stereocenters. The number of hydrogen-bond donors (Lipinski definition) is 1. The summed E-state index contributed by atoms with van der Waals surface area (Å²) in [6, 6.07) is 17.8. The molecular weight excluding hydrogens is 364 g/mol. The number of rotatable bonds is 5. The number of benzene rings is 2. The summed E-state index contributed by atoms with van der Waals surface area (Å²) in [5.74, 6) is -0.0847. The molecule has 3 aromatic rings. The second-order valence-corrected chi connectivity index (χ2v) is 7.32. The van der Waals surface area contributed by atoms with Gasteiger partial charge in [-0.05, 0) is 61.9 Å². The molecule has 0 spiro atoms. The first-order chi connectivity index (χ1) is 14.1. The van der Waals surface area contributed by atoms with Gasteiger partial charge in [-0.3, -0.25) is 4.79 Å². The zero-order valence-electron chi connectivity index (χ0n) is 16.8. The van der Waals surface area contributed by atoms with E-state index >= 15 is 0 Å². The van der Waals surface area contributed by atoms with E-state index in [0.717, 1.165) is 43.2 Å². The predicted octanol–water partition coefficient (Wildman–Crippen LogP) is 3.51. The van der Waals surface area contributed by atoms with Crippen LogP contribution in [0.3, 0.4) is 0 Å². The summed E-state index contributed by atoms with van der Waals surface area (Å²) in [6.45, 7) is 7.38. The zero-order valence-corrected chi connectivity index (χ0v) is 16.8. The van der Waals surface area contributed by atoms with Crippen LogP contribution in [0.5, 0.6) is 0 Å². The summed E-state index contributed by atoms with van der Waals surface area (Å²) in [4.78, 5) is 15.0. The Labute approximate surface area is 171 Å². The summed E-state index contributed by atoms with van der Waals surface area (Å²) < 4.78 is 7.26. The Balaban J connectivity index is 1.39. The molecule has 1 N–H and O–H groups in total. The van der Waals surface area contributed by atoms with Crippen LogP contribution in [0.2, 0.25) is 0 Å². The second-order valence-electron chi connectivity index (χ2n) is 7.32. The van der Waals surface area contributed by atoms with Crippen molar-refractivity contribution in [3.8, 4) is 5.69 Å². The molecule has 1 amide bonds. The third-order valence-corrected chi connectivity index (χ3v) is 5.32. The molecule has 0 saturated carbocycles. The summed E-state index contributed by atoms with van der Waals surface area (Å²) in [5.41, 5.74) is 4.90. The van der Waals surface area contributed by atoms with Crippen molar-refractivity contribution >= 4 is 11.6 Å². The van der Waals surface area contributed by atoms with Gasteiger partial charge in [0.1, 0.15) is 0 Å². The number of ether oxygens (including phenoxy) is 1. The van der Waals surface area contributed by atoms with Gasteiger partial charge in [-0.25, -0.2) is 4.68 Å². The average molecular weight is 390 g/mol. The van der Waals surface area contributed by atoms with Crippen LogP contribution in [0.4, 0.5) is 5.69 Å². The van der Waals surface area contributed by atoms with E-state index in [1.165, 1.54) is 5.69 Å². The van der Waals surface area contributed by atoms with Gasteiger partial charge >= 0.3 is 0 Å². The van der Waals surface area contributed by atoms with Gasteiger partial charge in [-0.15, -0.1) is 0 Å². The van der Waals surface area contributed by atoms with Gasteiger partial charge in [0.15, 0.2) is 0 Å². The Morgan fingerprint density at radius 1 is 1.00 bits per heavy atom. The molecule has 1 fully saturated rings. The smallest absolute Gasteiger partial charge is 0.251 e. The number of aromatic nitrogens is 2. The van der Waals surface area contributed by atoms with E-state index in [1.807, 2.05) is 48.9 Å². The number of hydrogen-bond acceptors (Lipinski definition) is 4. The number of nitrogens with zero attached hydrogens (tertiary/aromatic N) is 3. The minimum atomic E-state index is -0.0847. The van der Waals surface area contributed by atoms with Crippen LogP contribution in [0.1, 0.15) is 34.6 Å². The van der Waals surface area contributed by atoms with Crippen molar-refractivity contribution in [3.63, 3.8) is 0 Å². The van der Waals surface area contributed by atoms with Gasteiger partial charge < -0.3 is 15.0 Å². The summed E-state index contributed by atoms with van der Waals surface area (Å²) in [5, 5.41) is 7.38. The minimum Gasteiger partial charge on any atom is -0.378 e. The number of anilines is 1. The molecule has 0 bridgehead atoms. The van der Waals surface area contributed by atoms with Gasteiger partial charge in [0.25, 0.3) is 5.91 Å². The van der Waals surface area contributed by atoms with Crippen molar-refractivity contribution < 1.29 is 9.53 Å². The highest BCUT2D eigenvalue weighted by molar-refractivity contribution is 5.94. The minimum absolute atomic E-state index is 0.0747. The molecule has 150 valence electrons. The number of carbonyl (C=O) groups is 1. The van der Waals surface area contributed by atoms with Crippen LogP contribution in [0, 0.1) is 6.92 Å². The van der Waals surface area contributed by atoms with Crippen LogP contribution in [0.15, 0.2) is 60.8 Å². The normalized spacial score (nSPS) is 15.2. The maximum Gasteiger partial charge on any atom is 0.251 e. The highest BCUT2D eigenvalue weighted by Gasteiger charge is 2.14. The first kappa shape index (κ1) is 19.2. The van der Waals surface area contributed by atoms with Crippen LogP contribution >= 0.6 is 0 Å². The second kappa shape index (κ2) is 8.49. The molecule has 4 rings (SSSR count). The first-order valence-corrected chi connectivity index (χ1v) is 9.96. The average Bonchev–Trinajstić information content (AvgIpc) is 3.20. The molecule has 0 aliphatic carbocycles. The molecule has 1 aliphatic heterocycles. The van der Waals surface area contributed by atoms with Gasteiger partial charge in [0, 0.05) is 36.2 Å². The number of morpholine rings is 1. The van der Waals surface area contributed by atoms with E-state index in [1.54, 1.807) is 6.20 Å². The van der Waals surface area contributed by atoms with E-state index in [2.05, 4.69) is 39.6 Å². The maximum absolute atomic E-state index is 12.7.